The van der Waals surface area contributed by atoms with Crippen molar-refractivity contribution < 1.29 is 9.18 Å². The molecule has 0 radical (unpaired) electrons. The highest BCUT2D eigenvalue weighted by atomic mass is 19.1. The van der Waals surface area contributed by atoms with Crippen molar-refractivity contribution in [2.75, 3.05) is 5.73 Å². The number of aryl methyl sites for hydroxylation is 1. The highest BCUT2D eigenvalue weighted by molar-refractivity contribution is 6.12. The van der Waals surface area contributed by atoms with Crippen molar-refractivity contribution in [2.45, 2.75) is 13.3 Å². The number of ketones is 1. The van der Waals surface area contributed by atoms with Gasteiger partial charge in [0.2, 0.25) is 0 Å². The molecule has 0 heterocycles. The molecule has 0 aromatic heterocycles. The number of halogens is 1. The SMILES string of the molecule is CCc1ccc(C(=O)c2ccc(F)cc2N)cc1. The van der Waals surface area contributed by atoms with Crippen molar-refractivity contribution in [1.29, 1.82) is 0 Å². The van der Waals surface area contributed by atoms with E-state index in [1.54, 1.807) is 12.1 Å². The highest BCUT2D eigenvalue weighted by Gasteiger charge is 2.12. The summed E-state index contributed by atoms with van der Waals surface area (Å²) in [6.07, 6.45) is 0.924. The zero-order valence-electron chi connectivity index (χ0n) is 10.1. The van der Waals surface area contributed by atoms with Crippen molar-refractivity contribution in [1.82, 2.24) is 0 Å². The van der Waals surface area contributed by atoms with Crippen LogP contribution in [0.1, 0.15) is 28.4 Å². The number of carbonyl (C=O) groups is 1. The maximum absolute atomic E-state index is 12.9. The van der Waals surface area contributed by atoms with Gasteiger partial charge in [-0.2, -0.15) is 0 Å². The summed E-state index contributed by atoms with van der Waals surface area (Å²) in [5, 5.41) is 0. The predicted octanol–water partition coefficient (Wildman–Crippen LogP) is 3.20. The van der Waals surface area contributed by atoms with Crippen LogP contribution in [0.3, 0.4) is 0 Å². The van der Waals surface area contributed by atoms with Crippen LogP contribution in [0.2, 0.25) is 0 Å². The van der Waals surface area contributed by atoms with Gasteiger partial charge in [0.25, 0.3) is 0 Å². The summed E-state index contributed by atoms with van der Waals surface area (Å²) in [6, 6.07) is 11.2. The molecular weight excluding hydrogens is 229 g/mol. The van der Waals surface area contributed by atoms with Crippen LogP contribution in [0.15, 0.2) is 42.5 Å². The Balaban J connectivity index is 2.35. The molecule has 18 heavy (non-hydrogen) atoms. The summed E-state index contributed by atoms with van der Waals surface area (Å²) in [7, 11) is 0. The van der Waals surface area contributed by atoms with Crippen molar-refractivity contribution in [3.05, 3.63) is 65.0 Å². The first-order valence-corrected chi connectivity index (χ1v) is 5.80. The highest BCUT2D eigenvalue weighted by Crippen LogP contribution is 2.18. The number of nitrogen functional groups attached to an aromatic ring is 1. The monoisotopic (exact) mass is 243 g/mol. The molecule has 0 bridgehead atoms. The Hall–Kier alpha value is -2.16. The Morgan fingerprint density at radius 1 is 1.17 bits per heavy atom. The van der Waals surface area contributed by atoms with Crippen LogP contribution in [0.25, 0.3) is 0 Å². The summed E-state index contributed by atoms with van der Waals surface area (Å²) >= 11 is 0. The third kappa shape index (κ3) is 2.40. The van der Waals surface area contributed by atoms with E-state index < -0.39 is 5.82 Å². The Morgan fingerprint density at radius 2 is 1.83 bits per heavy atom. The summed E-state index contributed by atoms with van der Waals surface area (Å²) in [5.41, 5.74) is 7.88. The first-order chi connectivity index (χ1) is 8.61. The Bertz CT molecular complexity index is 576. The van der Waals surface area contributed by atoms with Crippen LogP contribution in [0.4, 0.5) is 10.1 Å². The van der Waals surface area contributed by atoms with Crippen molar-refractivity contribution >= 4 is 11.5 Å². The smallest absolute Gasteiger partial charge is 0.195 e. The topological polar surface area (TPSA) is 43.1 Å². The van der Waals surface area contributed by atoms with Gasteiger partial charge in [-0.1, -0.05) is 31.2 Å². The van der Waals surface area contributed by atoms with Crippen LogP contribution < -0.4 is 5.73 Å². The largest absolute Gasteiger partial charge is 0.398 e. The summed E-state index contributed by atoms with van der Waals surface area (Å²) < 4.78 is 12.9. The molecule has 0 aliphatic heterocycles. The lowest BCUT2D eigenvalue weighted by atomic mass is 10.00. The zero-order chi connectivity index (χ0) is 13.1. The van der Waals surface area contributed by atoms with Crippen LogP contribution in [0.5, 0.6) is 0 Å². The number of benzene rings is 2. The van der Waals surface area contributed by atoms with Gasteiger partial charge in [0.1, 0.15) is 5.82 Å². The van der Waals surface area contributed by atoms with E-state index in [4.69, 9.17) is 5.73 Å². The van der Waals surface area contributed by atoms with Gasteiger partial charge >= 0.3 is 0 Å². The van der Waals surface area contributed by atoms with Crippen LogP contribution in [0, 0.1) is 5.82 Å². The fourth-order valence-electron chi connectivity index (χ4n) is 1.79. The Labute approximate surface area is 105 Å². The van der Waals surface area contributed by atoms with Gasteiger partial charge in [0.15, 0.2) is 5.78 Å². The van der Waals surface area contributed by atoms with Crippen LogP contribution in [-0.4, -0.2) is 5.78 Å². The molecule has 0 saturated heterocycles. The molecule has 0 atom stereocenters. The molecule has 0 fully saturated rings. The van der Waals surface area contributed by atoms with E-state index in [0.29, 0.717) is 11.1 Å². The zero-order valence-corrected chi connectivity index (χ0v) is 10.1. The van der Waals surface area contributed by atoms with Gasteiger partial charge < -0.3 is 5.73 Å². The maximum atomic E-state index is 12.9. The Kier molecular flexibility index (Phi) is 3.42. The fraction of sp³-hybridized carbons (Fsp3) is 0.133. The quantitative estimate of drug-likeness (QED) is 0.664. The number of carbonyl (C=O) groups excluding carboxylic acids is 1. The second-order valence-corrected chi connectivity index (χ2v) is 4.11. The third-order valence-electron chi connectivity index (χ3n) is 2.88. The van der Waals surface area contributed by atoms with Crippen LogP contribution >= 0.6 is 0 Å². The molecule has 2 rings (SSSR count). The first kappa shape index (κ1) is 12.3. The van der Waals surface area contributed by atoms with E-state index in [0.717, 1.165) is 12.5 Å². The normalized spacial score (nSPS) is 10.3. The number of rotatable bonds is 3. The Morgan fingerprint density at radius 3 is 2.39 bits per heavy atom. The van der Waals surface area contributed by atoms with Crippen molar-refractivity contribution in [2.24, 2.45) is 0 Å². The average Bonchev–Trinajstić information content (AvgIpc) is 2.38. The number of hydrogen-bond acceptors (Lipinski definition) is 2. The number of anilines is 1. The van der Waals surface area contributed by atoms with Gasteiger partial charge in [-0.15, -0.1) is 0 Å². The molecule has 0 aliphatic rings. The predicted molar refractivity (Wildman–Crippen MR) is 70.1 cm³/mol. The van der Waals surface area contributed by atoms with Gasteiger partial charge in [-0.05, 0) is 30.2 Å². The second-order valence-electron chi connectivity index (χ2n) is 4.11. The van der Waals surface area contributed by atoms with Gasteiger partial charge in [0, 0.05) is 16.8 Å². The van der Waals surface area contributed by atoms with Crippen LogP contribution in [-0.2, 0) is 6.42 Å². The molecule has 0 amide bonds. The van der Waals surface area contributed by atoms with E-state index in [9.17, 15) is 9.18 Å². The lowest BCUT2D eigenvalue weighted by Crippen LogP contribution is -2.05. The maximum Gasteiger partial charge on any atom is 0.195 e. The number of hydrogen-bond donors (Lipinski definition) is 1. The average molecular weight is 243 g/mol. The molecule has 2 N–H and O–H groups in total. The molecule has 92 valence electrons. The van der Waals surface area contributed by atoms with Crippen molar-refractivity contribution in [3.63, 3.8) is 0 Å². The fourth-order valence-corrected chi connectivity index (χ4v) is 1.79. The van der Waals surface area contributed by atoms with Crippen molar-refractivity contribution in [3.8, 4) is 0 Å². The third-order valence-corrected chi connectivity index (χ3v) is 2.88. The summed E-state index contributed by atoms with van der Waals surface area (Å²) in [5.74, 6) is -0.625. The van der Waals surface area contributed by atoms with E-state index in [1.165, 1.54) is 17.7 Å². The molecule has 2 aromatic carbocycles. The minimum absolute atomic E-state index is 0.166. The van der Waals surface area contributed by atoms with Gasteiger partial charge in [-0.25, -0.2) is 4.39 Å². The van der Waals surface area contributed by atoms with Gasteiger partial charge in [0.05, 0.1) is 0 Å². The summed E-state index contributed by atoms with van der Waals surface area (Å²) in [6.45, 7) is 2.05. The van der Waals surface area contributed by atoms with E-state index in [-0.39, 0.29) is 11.5 Å². The standard InChI is InChI=1S/C15H14FNO/c1-2-10-3-5-11(6-4-10)15(18)13-8-7-12(16)9-14(13)17/h3-9H,2,17H2,1H3. The van der Waals surface area contributed by atoms with E-state index in [1.807, 2.05) is 12.1 Å². The minimum atomic E-state index is -0.439. The molecule has 3 heteroatoms. The van der Waals surface area contributed by atoms with Gasteiger partial charge in [-0.3, -0.25) is 4.79 Å². The molecule has 0 unspecified atom stereocenters. The summed E-state index contributed by atoms with van der Waals surface area (Å²) in [4.78, 5) is 12.2. The molecule has 0 aliphatic carbocycles. The van der Waals surface area contributed by atoms with E-state index >= 15 is 0 Å². The minimum Gasteiger partial charge on any atom is -0.398 e. The van der Waals surface area contributed by atoms with E-state index in [2.05, 4.69) is 6.92 Å². The molecule has 0 spiro atoms. The molecule has 0 saturated carbocycles. The second kappa shape index (κ2) is 5.00. The number of nitrogens with two attached hydrogens (primary N) is 1. The molecular formula is C15H14FNO. The lowest BCUT2D eigenvalue weighted by molar-refractivity contribution is 0.103. The first-order valence-electron chi connectivity index (χ1n) is 5.80. The lowest BCUT2D eigenvalue weighted by Gasteiger charge is -2.05. The molecule has 2 nitrogen and oxygen atoms in total. The molecule has 2 aromatic rings.